The Bertz CT molecular complexity index is 1320. The fraction of sp³-hybridized carbons (Fsp3) is 0.394. The Morgan fingerprint density at radius 2 is 1.69 bits per heavy atom. The van der Waals surface area contributed by atoms with Crippen molar-refractivity contribution in [2.75, 3.05) is 5.32 Å². The van der Waals surface area contributed by atoms with Crippen molar-refractivity contribution in [3.05, 3.63) is 88.6 Å². The van der Waals surface area contributed by atoms with E-state index in [2.05, 4.69) is 43.6 Å². The predicted molar refractivity (Wildman–Crippen MR) is 170 cm³/mol. The SMILES string of the molecule is CC(=O)NC(CCC(N)=O)(C(=O)O)c1ccc(NC(=O)/C=C(C)/C=C/C=C(C)/C=C/C2=C(C)CCCC2(C)C)cc1.Cl. The number of carbonyl (C=O) groups excluding carboxylic acids is 3. The van der Waals surface area contributed by atoms with Crippen molar-refractivity contribution in [2.45, 2.75) is 79.2 Å². The summed E-state index contributed by atoms with van der Waals surface area (Å²) >= 11 is 0. The molecule has 1 aliphatic rings. The van der Waals surface area contributed by atoms with Crippen LogP contribution in [0.3, 0.4) is 0 Å². The van der Waals surface area contributed by atoms with Crippen LogP contribution in [0.4, 0.5) is 5.69 Å². The van der Waals surface area contributed by atoms with Crippen molar-refractivity contribution >= 4 is 41.8 Å². The number of benzene rings is 1. The van der Waals surface area contributed by atoms with Crippen LogP contribution >= 0.6 is 12.4 Å². The Morgan fingerprint density at radius 1 is 1.05 bits per heavy atom. The van der Waals surface area contributed by atoms with Gasteiger partial charge in [-0.05, 0) is 80.7 Å². The van der Waals surface area contributed by atoms with Crippen LogP contribution in [0.5, 0.6) is 0 Å². The molecule has 2 rings (SSSR count). The molecule has 0 heterocycles. The number of allylic oxidation sites excluding steroid dienone is 9. The average Bonchev–Trinajstić information content (AvgIpc) is 2.85. The van der Waals surface area contributed by atoms with E-state index in [-0.39, 0.29) is 42.1 Å². The minimum Gasteiger partial charge on any atom is -0.479 e. The number of aliphatic carboxylic acids is 1. The maximum atomic E-state index is 12.5. The first-order valence-corrected chi connectivity index (χ1v) is 13.8. The van der Waals surface area contributed by atoms with Crippen molar-refractivity contribution in [3.8, 4) is 0 Å². The van der Waals surface area contributed by atoms with Crippen LogP contribution in [0, 0.1) is 5.41 Å². The van der Waals surface area contributed by atoms with E-state index in [1.165, 1.54) is 49.1 Å². The van der Waals surface area contributed by atoms with Crippen molar-refractivity contribution in [1.29, 1.82) is 0 Å². The van der Waals surface area contributed by atoms with Crippen LogP contribution in [-0.2, 0) is 24.7 Å². The van der Waals surface area contributed by atoms with Gasteiger partial charge in [0, 0.05) is 25.1 Å². The van der Waals surface area contributed by atoms with Gasteiger partial charge in [-0.1, -0.05) is 67.5 Å². The molecule has 228 valence electrons. The molecule has 8 nitrogen and oxygen atoms in total. The highest BCUT2D eigenvalue weighted by Crippen LogP contribution is 2.40. The molecule has 0 spiro atoms. The van der Waals surface area contributed by atoms with E-state index in [1.807, 2.05) is 32.1 Å². The second kappa shape index (κ2) is 15.9. The van der Waals surface area contributed by atoms with Gasteiger partial charge in [0.15, 0.2) is 5.54 Å². The fourth-order valence-corrected chi connectivity index (χ4v) is 5.08. The molecule has 3 amide bonds. The third-order valence-corrected chi connectivity index (χ3v) is 7.28. The number of nitrogens with one attached hydrogen (secondary N) is 2. The molecule has 5 N–H and O–H groups in total. The average molecular weight is 598 g/mol. The molecule has 0 bridgehead atoms. The van der Waals surface area contributed by atoms with Crippen molar-refractivity contribution in [2.24, 2.45) is 11.1 Å². The van der Waals surface area contributed by atoms with E-state index in [9.17, 15) is 24.3 Å². The van der Waals surface area contributed by atoms with Gasteiger partial charge in [-0.3, -0.25) is 14.4 Å². The Morgan fingerprint density at radius 3 is 2.24 bits per heavy atom. The minimum absolute atomic E-state index is 0. The van der Waals surface area contributed by atoms with Gasteiger partial charge in [0.25, 0.3) is 0 Å². The number of carboxylic acid groups (broad SMARTS) is 1. The fourth-order valence-electron chi connectivity index (χ4n) is 5.08. The lowest BCUT2D eigenvalue weighted by molar-refractivity contribution is -0.148. The minimum atomic E-state index is -1.83. The lowest BCUT2D eigenvalue weighted by Gasteiger charge is -2.32. The number of hydrogen-bond acceptors (Lipinski definition) is 4. The van der Waals surface area contributed by atoms with E-state index >= 15 is 0 Å². The van der Waals surface area contributed by atoms with Gasteiger partial charge in [-0.2, -0.15) is 0 Å². The maximum Gasteiger partial charge on any atom is 0.334 e. The first-order valence-electron chi connectivity index (χ1n) is 13.8. The first kappa shape index (κ1) is 36.1. The second-order valence-corrected chi connectivity index (χ2v) is 11.3. The lowest BCUT2D eigenvalue weighted by Crippen LogP contribution is -2.51. The molecule has 0 aromatic heterocycles. The van der Waals surface area contributed by atoms with E-state index < -0.39 is 23.3 Å². The zero-order valence-electron chi connectivity index (χ0n) is 25.4. The van der Waals surface area contributed by atoms with E-state index in [0.29, 0.717) is 5.69 Å². The Hall–Kier alpha value is -3.91. The summed E-state index contributed by atoms with van der Waals surface area (Å²) in [4.78, 5) is 47.8. The highest BCUT2D eigenvalue weighted by atomic mass is 35.5. The molecule has 0 saturated carbocycles. The third-order valence-electron chi connectivity index (χ3n) is 7.28. The zero-order chi connectivity index (χ0) is 30.8. The number of amides is 3. The molecule has 42 heavy (non-hydrogen) atoms. The molecule has 1 unspecified atom stereocenters. The number of anilines is 1. The van der Waals surface area contributed by atoms with Crippen LogP contribution in [0.2, 0.25) is 0 Å². The summed E-state index contributed by atoms with van der Waals surface area (Å²) in [7, 11) is 0. The lowest BCUT2D eigenvalue weighted by atomic mass is 9.72. The number of rotatable bonds is 12. The molecular weight excluding hydrogens is 554 g/mol. The molecule has 0 fully saturated rings. The quantitative estimate of drug-likeness (QED) is 0.166. The largest absolute Gasteiger partial charge is 0.479 e. The van der Waals surface area contributed by atoms with Gasteiger partial charge in [0.05, 0.1) is 0 Å². The van der Waals surface area contributed by atoms with Gasteiger partial charge in [-0.25, -0.2) is 4.79 Å². The number of halogens is 1. The smallest absolute Gasteiger partial charge is 0.334 e. The number of carboxylic acids is 1. The summed E-state index contributed by atoms with van der Waals surface area (Å²) in [5.74, 6) is -2.91. The van der Waals surface area contributed by atoms with E-state index in [1.54, 1.807) is 12.1 Å². The summed E-state index contributed by atoms with van der Waals surface area (Å²) in [5.41, 5.74) is 9.01. The van der Waals surface area contributed by atoms with E-state index in [0.717, 1.165) is 17.6 Å². The highest BCUT2D eigenvalue weighted by Gasteiger charge is 2.41. The van der Waals surface area contributed by atoms with E-state index in [4.69, 9.17) is 5.73 Å². The molecule has 1 aromatic rings. The van der Waals surface area contributed by atoms with Gasteiger partial charge >= 0.3 is 5.97 Å². The van der Waals surface area contributed by atoms with Crippen LogP contribution in [0.25, 0.3) is 0 Å². The molecule has 0 saturated heterocycles. The topological polar surface area (TPSA) is 139 Å². The molecule has 0 aliphatic heterocycles. The summed E-state index contributed by atoms with van der Waals surface area (Å²) < 4.78 is 0. The summed E-state index contributed by atoms with van der Waals surface area (Å²) in [5, 5.41) is 15.1. The normalized spacial score (nSPS) is 17.0. The zero-order valence-corrected chi connectivity index (χ0v) is 26.2. The third kappa shape index (κ3) is 10.5. The first-order chi connectivity index (χ1) is 19.2. The summed E-state index contributed by atoms with van der Waals surface area (Å²) in [6, 6.07) is 6.06. The van der Waals surface area contributed by atoms with Crippen LogP contribution < -0.4 is 16.4 Å². The molecule has 1 aromatic carbocycles. The molecule has 0 radical (unpaired) electrons. The number of hydrogen-bond donors (Lipinski definition) is 4. The number of carbonyl (C=O) groups is 4. The standard InChI is InChI=1S/C33H43N3O5.ClH/c1-22(12-17-28-24(3)11-8-19-32(28,5)6)9-7-10-23(2)21-30(39)35-27-15-13-26(14-16-27)33(31(40)41,36-25(4)37)20-18-29(34)38;/h7,9-10,12-17,21H,8,11,18-20H2,1-6H3,(H2,34,38)(H,35,39)(H,36,37)(H,40,41);1H/b10-7+,17-12+,22-9+,23-21+;. The second-order valence-electron chi connectivity index (χ2n) is 11.3. The Kier molecular flexibility index (Phi) is 13.7. The molecule has 1 aliphatic carbocycles. The Labute approximate surface area is 255 Å². The van der Waals surface area contributed by atoms with Gasteiger partial charge in [0.2, 0.25) is 17.7 Å². The van der Waals surface area contributed by atoms with Gasteiger partial charge < -0.3 is 21.5 Å². The monoisotopic (exact) mass is 597 g/mol. The van der Waals surface area contributed by atoms with Gasteiger partial charge in [0.1, 0.15) is 0 Å². The summed E-state index contributed by atoms with van der Waals surface area (Å²) in [6.45, 7) is 11.9. The molecule has 9 heteroatoms. The number of nitrogens with two attached hydrogens (primary N) is 1. The van der Waals surface area contributed by atoms with Crippen molar-refractivity contribution in [1.82, 2.24) is 5.32 Å². The van der Waals surface area contributed by atoms with Gasteiger partial charge in [-0.15, -0.1) is 12.4 Å². The molecular formula is C33H44ClN3O5. The highest BCUT2D eigenvalue weighted by molar-refractivity contribution is 6.00. The Balaban J connectivity index is 0.00000882. The van der Waals surface area contributed by atoms with Crippen molar-refractivity contribution < 1.29 is 24.3 Å². The van der Waals surface area contributed by atoms with Crippen LogP contribution in [0.15, 0.2) is 83.0 Å². The van der Waals surface area contributed by atoms with Crippen LogP contribution in [-0.4, -0.2) is 28.8 Å². The molecule has 1 atom stereocenters. The summed E-state index contributed by atoms with van der Waals surface area (Å²) in [6.07, 6.45) is 14.7. The maximum absolute atomic E-state index is 12.5. The predicted octanol–water partition coefficient (Wildman–Crippen LogP) is 6.26. The van der Waals surface area contributed by atoms with Crippen LogP contribution in [0.1, 0.15) is 79.2 Å². The van der Waals surface area contributed by atoms with Crippen molar-refractivity contribution in [3.63, 3.8) is 0 Å². The number of primary amides is 1.